The molecule has 0 unspecified atom stereocenters. The number of hydrogen-bond acceptors (Lipinski definition) is 6. The number of fused-ring (bicyclic) bond motifs is 1. The van der Waals surface area contributed by atoms with Crippen molar-refractivity contribution in [3.05, 3.63) is 23.0 Å². The highest BCUT2D eigenvalue weighted by molar-refractivity contribution is 6.06. The molecule has 3 heterocycles. The Morgan fingerprint density at radius 1 is 1.28 bits per heavy atom. The first-order valence-corrected chi connectivity index (χ1v) is 8.83. The molecule has 0 saturated carbocycles. The summed E-state index contributed by atoms with van der Waals surface area (Å²) in [5, 5.41) is 14.4. The summed E-state index contributed by atoms with van der Waals surface area (Å²) >= 11 is 0. The van der Waals surface area contributed by atoms with Gasteiger partial charge in [0.05, 0.1) is 22.7 Å². The van der Waals surface area contributed by atoms with Crippen LogP contribution in [0.5, 0.6) is 0 Å². The first-order chi connectivity index (χ1) is 11.9. The van der Waals surface area contributed by atoms with Crippen molar-refractivity contribution in [1.82, 2.24) is 19.9 Å². The Balaban J connectivity index is 1.86. The molecule has 1 fully saturated rings. The molecule has 2 aromatic rings. The van der Waals surface area contributed by atoms with Crippen molar-refractivity contribution in [3.63, 3.8) is 0 Å². The van der Waals surface area contributed by atoms with Crippen LogP contribution in [0.3, 0.4) is 0 Å². The average molecular weight is 346 g/mol. The first-order valence-electron chi connectivity index (χ1n) is 8.83. The number of piperazine rings is 1. The molecule has 25 heavy (non-hydrogen) atoms. The monoisotopic (exact) mass is 346 g/mol. The van der Waals surface area contributed by atoms with Crippen LogP contribution in [0.2, 0.25) is 0 Å². The number of nitrogens with zero attached hydrogens (tertiary/aromatic N) is 4. The van der Waals surface area contributed by atoms with E-state index in [0.717, 1.165) is 29.9 Å². The number of hydrogen-bond donors (Lipinski definition) is 1. The number of carbonyl (C=O) groups is 1. The van der Waals surface area contributed by atoms with Crippen molar-refractivity contribution in [3.8, 4) is 0 Å². The predicted octanol–water partition coefficient (Wildman–Crippen LogP) is 1.79. The van der Waals surface area contributed by atoms with E-state index >= 15 is 0 Å². The van der Waals surface area contributed by atoms with Crippen molar-refractivity contribution in [1.29, 1.82) is 0 Å². The van der Waals surface area contributed by atoms with Crippen LogP contribution in [0.25, 0.3) is 11.1 Å². The van der Waals surface area contributed by atoms with Crippen LogP contribution in [-0.2, 0) is 0 Å². The molecular formula is C18H26N4O3. The maximum atomic E-state index is 13.1. The highest BCUT2D eigenvalue weighted by Crippen LogP contribution is 2.28. The van der Waals surface area contributed by atoms with Gasteiger partial charge in [-0.05, 0) is 25.8 Å². The fourth-order valence-corrected chi connectivity index (χ4v) is 3.34. The number of β-amino-alcohol motifs (C(OH)–C–C–N with tert-alkyl or cyclic N) is 1. The average Bonchev–Trinajstić information content (AvgIpc) is 2.97. The van der Waals surface area contributed by atoms with Crippen LogP contribution >= 0.6 is 0 Å². The smallest absolute Gasteiger partial charge is 0.259 e. The molecule has 1 atom stereocenters. The third kappa shape index (κ3) is 3.67. The van der Waals surface area contributed by atoms with E-state index in [4.69, 9.17) is 4.52 Å². The van der Waals surface area contributed by atoms with Gasteiger partial charge >= 0.3 is 0 Å². The molecular weight excluding hydrogens is 320 g/mol. The SMILES string of the molecule is Cc1cc(C(=O)N2CCN(C[C@H](C)O)CC2)c2c(C(C)C)noc2n1. The first kappa shape index (κ1) is 17.8. The number of pyridine rings is 1. The minimum atomic E-state index is -0.352. The topological polar surface area (TPSA) is 82.7 Å². The molecule has 0 aliphatic carbocycles. The van der Waals surface area contributed by atoms with Crippen LogP contribution in [0.15, 0.2) is 10.6 Å². The van der Waals surface area contributed by atoms with Gasteiger partial charge in [-0.3, -0.25) is 9.69 Å². The summed E-state index contributed by atoms with van der Waals surface area (Å²) in [7, 11) is 0. The Hall–Kier alpha value is -1.99. The molecule has 2 aromatic heterocycles. The molecule has 3 rings (SSSR count). The molecule has 1 aliphatic rings. The molecule has 1 aliphatic heterocycles. The van der Waals surface area contributed by atoms with E-state index in [1.807, 2.05) is 31.7 Å². The Labute approximate surface area is 147 Å². The zero-order valence-corrected chi connectivity index (χ0v) is 15.3. The Bertz CT molecular complexity index is 761. The second-order valence-corrected chi connectivity index (χ2v) is 7.16. The van der Waals surface area contributed by atoms with Gasteiger partial charge in [-0.1, -0.05) is 19.0 Å². The lowest BCUT2D eigenvalue weighted by atomic mass is 10.0. The molecule has 0 aromatic carbocycles. The Morgan fingerprint density at radius 3 is 2.56 bits per heavy atom. The summed E-state index contributed by atoms with van der Waals surface area (Å²) in [6.07, 6.45) is -0.352. The van der Waals surface area contributed by atoms with Crippen LogP contribution in [-0.4, -0.2) is 69.8 Å². The number of aliphatic hydroxyl groups excluding tert-OH is 1. The van der Waals surface area contributed by atoms with Gasteiger partial charge in [-0.15, -0.1) is 0 Å². The quantitative estimate of drug-likeness (QED) is 0.909. The molecule has 7 nitrogen and oxygen atoms in total. The minimum absolute atomic E-state index is 0.00250. The van der Waals surface area contributed by atoms with E-state index in [1.54, 1.807) is 6.92 Å². The summed E-state index contributed by atoms with van der Waals surface area (Å²) in [5.74, 6) is 0.150. The second kappa shape index (κ2) is 7.09. The predicted molar refractivity (Wildman–Crippen MR) is 94.7 cm³/mol. The van der Waals surface area contributed by atoms with E-state index in [2.05, 4.69) is 15.0 Å². The number of aliphatic hydroxyl groups is 1. The van der Waals surface area contributed by atoms with E-state index < -0.39 is 0 Å². The molecule has 7 heteroatoms. The molecule has 0 radical (unpaired) electrons. The van der Waals surface area contributed by atoms with Crippen molar-refractivity contribution >= 4 is 17.0 Å². The molecule has 1 N–H and O–H groups in total. The van der Waals surface area contributed by atoms with Crippen molar-refractivity contribution < 1.29 is 14.4 Å². The Kier molecular flexibility index (Phi) is 5.06. The van der Waals surface area contributed by atoms with Gasteiger partial charge in [-0.25, -0.2) is 4.98 Å². The summed E-state index contributed by atoms with van der Waals surface area (Å²) in [5.41, 5.74) is 2.57. The number of amides is 1. The van der Waals surface area contributed by atoms with Gasteiger partial charge in [0.2, 0.25) is 0 Å². The van der Waals surface area contributed by atoms with Gasteiger partial charge < -0.3 is 14.5 Å². The maximum Gasteiger partial charge on any atom is 0.259 e. The van der Waals surface area contributed by atoms with E-state index in [0.29, 0.717) is 30.9 Å². The normalized spacial score (nSPS) is 17.4. The van der Waals surface area contributed by atoms with Crippen LogP contribution < -0.4 is 0 Å². The summed E-state index contributed by atoms with van der Waals surface area (Å²) in [6, 6.07) is 1.83. The molecule has 0 bridgehead atoms. The zero-order chi connectivity index (χ0) is 18.1. The standard InChI is InChI=1S/C18H26N4O3/c1-11(2)16-15-14(9-12(3)19-17(15)25-20-16)18(24)22-7-5-21(6-8-22)10-13(4)23/h9,11,13,23H,5-8,10H2,1-4H3/t13-/m0/s1. The second-order valence-electron chi connectivity index (χ2n) is 7.16. The number of aromatic nitrogens is 2. The number of rotatable bonds is 4. The molecule has 1 amide bonds. The van der Waals surface area contributed by atoms with E-state index in [9.17, 15) is 9.90 Å². The number of aryl methyl sites for hydroxylation is 1. The van der Waals surface area contributed by atoms with E-state index in [1.165, 1.54) is 0 Å². The third-order valence-corrected chi connectivity index (χ3v) is 4.56. The fraction of sp³-hybridized carbons (Fsp3) is 0.611. The maximum absolute atomic E-state index is 13.1. The van der Waals surface area contributed by atoms with Crippen molar-refractivity contribution in [2.45, 2.75) is 39.7 Å². The third-order valence-electron chi connectivity index (χ3n) is 4.56. The van der Waals surface area contributed by atoms with Crippen LogP contribution in [0.1, 0.15) is 48.4 Å². The minimum Gasteiger partial charge on any atom is -0.392 e. The van der Waals surface area contributed by atoms with Gasteiger partial charge in [0.1, 0.15) is 0 Å². The summed E-state index contributed by atoms with van der Waals surface area (Å²) in [4.78, 5) is 21.6. The summed E-state index contributed by atoms with van der Waals surface area (Å²) in [6.45, 7) is 11.2. The van der Waals surface area contributed by atoms with Crippen LogP contribution in [0.4, 0.5) is 0 Å². The van der Waals surface area contributed by atoms with E-state index in [-0.39, 0.29) is 17.9 Å². The van der Waals surface area contributed by atoms with Gasteiger partial charge in [0, 0.05) is 38.4 Å². The lowest BCUT2D eigenvalue weighted by Gasteiger charge is -2.35. The summed E-state index contributed by atoms with van der Waals surface area (Å²) < 4.78 is 5.36. The van der Waals surface area contributed by atoms with Gasteiger partial charge in [0.25, 0.3) is 11.6 Å². The lowest BCUT2D eigenvalue weighted by Crippen LogP contribution is -2.50. The lowest BCUT2D eigenvalue weighted by molar-refractivity contribution is 0.0555. The molecule has 0 spiro atoms. The number of carbonyl (C=O) groups excluding carboxylic acids is 1. The largest absolute Gasteiger partial charge is 0.392 e. The Morgan fingerprint density at radius 2 is 1.96 bits per heavy atom. The van der Waals surface area contributed by atoms with Gasteiger partial charge in [0.15, 0.2) is 0 Å². The van der Waals surface area contributed by atoms with Gasteiger partial charge in [-0.2, -0.15) is 0 Å². The fourth-order valence-electron chi connectivity index (χ4n) is 3.34. The molecule has 1 saturated heterocycles. The van der Waals surface area contributed by atoms with Crippen molar-refractivity contribution in [2.75, 3.05) is 32.7 Å². The zero-order valence-electron chi connectivity index (χ0n) is 15.3. The van der Waals surface area contributed by atoms with Crippen LogP contribution in [0, 0.1) is 6.92 Å². The van der Waals surface area contributed by atoms with Crippen molar-refractivity contribution in [2.24, 2.45) is 0 Å². The highest BCUT2D eigenvalue weighted by Gasteiger charge is 2.27. The highest BCUT2D eigenvalue weighted by atomic mass is 16.5. The molecule has 136 valence electrons.